The van der Waals surface area contributed by atoms with Gasteiger partial charge in [-0.25, -0.2) is 0 Å². The van der Waals surface area contributed by atoms with Gasteiger partial charge < -0.3 is 4.74 Å². The quantitative estimate of drug-likeness (QED) is 0.498. The minimum atomic E-state index is -0.0203. The van der Waals surface area contributed by atoms with Crippen molar-refractivity contribution < 1.29 is 9.53 Å². The number of ether oxygens (including phenoxy) is 1. The average molecular weight is 128 g/mol. The van der Waals surface area contributed by atoms with E-state index in [1.165, 1.54) is 0 Å². The number of carbonyl (C=O) groups excluding carboxylic acids is 1. The summed E-state index contributed by atoms with van der Waals surface area (Å²) in [5.41, 5.74) is 0. The molecule has 1 aliphatic rings. The molecule has 2 nitrogen and oxygen atoms in total. The molecule has 0 aliphatic carbocycles. The third kappa shape index (κ3) is 1.70. The van der Waals surface area contributed by atoms with Crippen molar-refractivity contribution in [3.63, 3.8) is 0 Å². The Kier molecular flexibility index (Phi) is 2.09. The molecule has 1 saturated heterocycles. The minimum Gasteiger partial charge on any atom is -0.466 e. The second-order valence-corrected chi connectivity index (χ2v) is 2.49. The molecule has 1 atom stereocenters. The van der Waals surface area contributed by atoms with E-state index in [1.54, 1.807) is 0 Å². The van der Waals surface area contributed by atoms with Crippen molar-refractivity contribution in [1.29, 1.82) is 0 Å². The largest absolute Gasteiger partial charge is 0.466 e. The number of esters is 1. The van der Waals surface area contributed by atoms with Gasteiger partial charge in [-0.05, 0) is 12.3 Å². The highest BCUT2D eigenvalue weighted by molar-refractivity contribution is 5.70. The van der Waals surface area contributed by atoms with Crippen molar-refractivity contribution in [1.82, 2.24) is 0 Å². The molecule has 1 unspecified atom stereocenters. The Hall–Kier alpha value is -0.530. The Morgan fingerprint density at radius 3 is 3.00 bits per heavy atom. The van der Waals surface area contributed by atoms with Crippen molar-refractivity contribution in [2.75, 3.05) is 6.61 Å². The summed E-state index contributed by atoms with van der Waals surface area (Å²) in [5, 5.41) is 0. The lowest BCUT2D eigenvalue weighted by atomic mass is 9.97. The molecule has 1 fully saturated rings. The molecular weight excluding hydrogens is 116 g/mol. The zero-order valence-corrected chi connectivity index (χ0v) is 5.72. The number of carbonyl (C=O) groups is 1. The molecule has 1 rings (SSSR count). The van der Waals surface area contributed by atoms with Gasteiger partial charge in [0.1, 0.15) is 0 Å². The van der Waals surface area contributed by atoms with Gasteiger partial charge in [-0.1, -0.05) is 13.3 Å². The smallest absolute Gasteiger partial charge is 0.306 e. The third-order valence-electron chi connectivity index (χ3n) is 1.82. The van der Waals surface area contributed by atoms with E-state index < -0.39 is 0 Å². The first-order valence-electron chi connectivity index (χ1n) is 3.48. The lowest BCUT2D eigenvalue weighted by molar-refractivity contribution is -0.149. The standard InChI is InChI=1S/C7H12O2/c1-2-6-3-4-9-7(8)5-6/h6H,2-5H2,1H3. The summed E-state index contributed by atoms with van der Waals surface area (Å²) in [6.45, 7) is 2.75. The second-order valence-electron chi connectivity index (χ2n) is 2.49. The molecule has 52 valence electrons. The van der Waals surface area contributed by atoms with Crippen LogP contribution in [0.3, 0.4) is 0 Å². The third-order valence-corrected chi connectivity index (χ3v) is 1.82. The Labute approximate surface area is 55.2 Å². The minimum absolute atomic E-state index is 0.0203. The first-order chi connectivity index (χ1) is 4.33. The molecule has 2 heteroatoms. The molecule has 0 spiro atoms. The van der Waals surface area contributed by atoms with E-state index >= 15 is 0 Å². The van der Waals surface area contributed by atoms with Gasteiger partial charge in [0, 0.05) is 6.42 Å². The monoisotopic (exact) mass is 128 g/mol. The van der Waals surface area contributed by atoms with Crippen LogP contribution in [0, 0.1) is 5.92 Å². The van der Waals surface area contributed by atoms with E-state index in [0.717, 1.165) is 12.8 Å². The van der Waals surface area contributed by atoms with Gasteiger partial charge in [-0.3, -0.25) is 4.79 Å². The highest BCUT2D eigenvalue weighted by Gasteiger charge is 2.18. The van der Waals surface area contributed by atoms with Crippen LogP contribution in [0.15, 0.2) is 0 Å². The van der Waals surface area contributed by atoms with Gasteiger partial charge >= 0.3 is 5.97 Å². The molecule has 1 aliphatic heterocycles. The SMILES string of the molecule is CCC1CCOC(=O)C1. The van der Waals surface area contributed by atoms with E-state index in [-0.39, 0.29) is 5.97 Å². The maximum absolute atomic E-state index is 10.6. The molecule has 0 aromatic rings. The van der Waals surface area contributed by atoms with Crippen LogP contribution in [-0.4, -0.2) is 12.6 Å². The molecule has 0 radical (unpaired) electrons. The summed E-state index contributed by atoms with van der Waals surface area (Å²) in [5.74, 6) is 0.569. The zero-order valence-electron chi connectivity index (χ0n) is 5.72. The molecule has 0 aromatic carbocycles. The fraction of sp³-hybridized carbons (Fsp3) is 0.857. The molecule has 0 N–H and O–H groups in total. The van der Waals surface area contributed by atoms with E-state index in [9.17, 15) is 4.79 Å². The lowest BCUT2D eigenvalue weighted by Crippen LogP contribution is -2.19. The van der Waals surface area contributed by atoms with Crippen LogP contribution < -0.4 is 0 Å². The molecule has 0 amide bonds. The van der Waals surface area contributed by atoms with Gasteiger partial charge in [0.15, 0.2) is 0 Å². The maximum atomic E-state index is 10.6. The Bertz CT molecular complexity index is 109. The van der Waals surface area contributed by atoms with Crippen LogP contribution >= 0.6 is 0 Å². The van der Waals surface area contributed by atoms with Crippen LogP contribution in [0.1, 0.15) is 26.2 Å². The summed E-state index contributed by atoms with van der Waals surface area (Å²) >= 11 is 0. The zero-order chi connectivity index (χ0) is 6.69. The van der Waals surface area contributed by atoms with Gasteiger partial charge in [0.05, 0.1) is 6.61 Å². The molecular formula is C7H12O2. The fourth-order valence-electron chi connectivity index (χ4n) is 1.08. The second kappa shape index (κ2) is 2.85. The number of rotatable bonds is 1. The molecule has 9 heavy (non-hydrogen) atoms. The Balaban J connectivity index is 2.32. The lowest BCUT2D eigenvalue weighted by Gasteiger charge is -2.18. The van der Waals surface area contributed by atoms with Gasteiger partial charge in [-0.15, -0.1) is 0 Å². The van der Waals surface area contributed by atoms with E-state index in [0.29, 0.717) is 18.9 Å². The summed E-state index contributed by atoms with van der Waals surface area (Å²) < 4.78 is 4.77. The van der Waals surface area contributed by atoms with E-state index in [4.69, 9.17) is 4.74 Å². The predicted molar refractivity (Wildman–Crippen MR) is 34.0 cm³/mol. The predicted octanol–water partition coefficient (Wildman–Crippen LogP) is 1.35. The average Bonchev–Trinajstić information content (AvgIpc) is 1.88. The number of hydrogen-bond acceptors (Lipinski definition) is 2. The molecule has 0 aromatic heterocycles. The highest BCUT2D eigenvalue weighted by Crippen LogP contribution is 2.18. The van der Waals surface area contributed by atoms with Gasteiger partial charge in [0.2, 0.25) is 0 Å². The number of cyclic esters (lactones) is 1. The van der Waals surface area contributed by atoms with E-state index in [2.05, 4.69) is 6.92 Å². The van der Waals surface area contributed by atoms with Crippen LogP contribution in [0.5, 0.6) is 0 Å². The molecule has 0 saturated carbocycles. The maximum Gasteiger partial charge on any atom is 0.306 e. The first kappa shape index (κ1) is 6.59. The van der Waals surface area contributed by atoms with Crippen molar-refractivity contribution >= 4 is 5.97 Å². The van der Waals surface area contributed by atoms with Crippen molar-refractivity contribution in [3.8, 4) is 0 Å². The van der Waals surface area contributed by atoms with Crippen molar-refractivity contribution in [2.45, 2.75) is 26.2 Å². The topological polar surface area (TPSA) is 26.3 Å². The Morgan fingerprint density at radius 2 is 2.56 bits per heavy atom. The van der Waals surface area contributed by atoms with Crippen LogP contribution in [0.4, 0.5) is 0 Å². The molecule has 1 heterocycles. The van der Waals surface area contributed by atoms with Crippen molar-refractivity contribution in [3.05, 3.63) is 0 Å². The highest BCUT2D eigenvalue weighted by atomic mass is 16.5. The van der Waals surface area contributed by atoms with Crippen LogP contribution in [-0.2, 0) is 9.53 Å². The normalized spacial score (nSPS) is 27.7. The fourth-order valence-corrected chi connectivity index (χ4v) is 1.08. The molecule has 0 bridgehead atoms. The summed E-state index contributed by atoms with van der Waals surface area (Å²) in [7, 11) is 0. The van der Waals surface area contributed by atoms with E-state index in [1.807, 2.05) is 0 Å². The van der Waals surface area contributed by atoms with Crippen LogP contribution in [0.2, 0.25) is 0 Å². The van der Waals surface area contributed by atoms with Gasteiger partial charge in [0.25, 0.3) is 0 Å². The summed E-state index contributed by atoms with van der Waals surface area (Å²) in [6, 6.07) is 0. The number of hydrogen-bond donors (Lipinski definition) is 0. The Morgan fingerprint density at radius 1 is 1.78 bits per heavy atom. The summed E-state index contributed by atoms with van der Waals surface area (Å²) in [4.78, 5) is 10.6. The first-order valence-corrected chi connectivity index (χ1v) is 3.48. The van der Waals surface area contributed by atoms with Crippen molar-refractivity contribution in [2.24, 2.45) is 5.92 Å². The summed E-state index contributed by atoms with van der Waals surface area (Å²) in [6.07, 6.45) is 2.80. The van der Waals surface area contributed by atoms with Gasteiger partial charge in [-0.2, -0.15) is 0 Å². The van der Waals surface area contributed by atoms with Crippen LogP contribution in [0.25, 0.3) is 0 Å².